The highest BCUT2D eigenvalue weighted by Crippen LogP contribution is 2.25. The second-order valence-electron chi connectivity index (χ2n) is 4.43. The minimum atomic E-state index is -0.370. The average molecular weight is 257 g/mol. The van der Waals surface area contributed by atoms with Crippen molar-refractivity contribution in [3.05, 3.63) is 63.5 Å². The Morgan fingerprint density at radius 3 is 2.79 bits per heavy atom. The Morgan fingerprint density at radius 1 is 1.32 bits per heavy atom. The van der Waals surface area contributed by atoms with Crippen LogP contribution in [0.2, 0.25) is 0 Å². The summed E-state index contributed by atoms with van der Waals surface area (Å²) >= 11 is 0. The molecule has 2 rings (SSSR count). The maximum Gasteiger partial charge on any atom is 0.292 e. The number of aryl methyl sites for hydroxylation is 2. The number of rotatable bonds is 4. The molecule has 0 spiro atoms. The van der Waals surface area contributed by atoms with E-state index in [9.17, 15) is 10.1 Å². The molecule has 0 unspecified atom stereocenters. The summed E-state index contributed by atoms with van der Waals surface area (Å²) in [6, 6.07) is 7.07. The fraction of sp³-hybridized carbons (Fsp3) is 0.214. The van der Waals surface area contributed by atoms with E-state index in [0.717, 1.165) is 16.7 Å². The highest BCUT2D eigenvalue weighted by Gasteiger charge is 2.13. The maximum atomic E-state index is 11.0. The first kappa shape index (κ1) is 13.0. The summed E-state index contributed by atoms with van der Waals surface area (Å²) in [5.41, 5.74) is 3.63. The van der Waals surface area contributed by atoms with Gasteiger partial charge in [-0.2, -0.15) is 0 Å². The van der Waals surface area contributed by atoms with Gasteiger partial charge in [0.25, 0.3) is 5.69 Å². The number of nitrogens with one attached hydrogen (secondary N) is 1. The van der Waals surface area contributed by atoms with Gasteiger partial charge in [0.2, 0.25) is 0 Å². The molecule has 2 aromatic rings. The molecule has 0 amide bonds. The van der Waals surface area contributed by atoms with E-state index in [2.05, 4.69) is 10.3 Å². The van der Waals surface area contributed by atoms with Gasteiger partial charge in [-0.1, -0.05) is 6.07 Å². The quantitative estimate of drug-likeness (QED) is 0.674. The number of nitro groups is 1. The molecule has 0 aliphatic heterocycles. The number of aromatic nitrogens is 1. The molecule has 0 aliphatic rings. The fourth-order valence-electron chi connectivity index (χ4n) is 1.81. The van der Waals surface area contributed by atoms with E-state index in [1.54, 1.807) is 24.5 Å². The summed E-state index contributed by atoms with van der Waals surface area (Å²) in [4.78, 5) is 14.7. The van der Waals surface area contributed by atoms with Crippen LogP contribution < -0.4 is 5.32 Å². The van der Waals surface area contributed by atoms with E-state index in [4.69, 9.17) is 0 Å². The fourth-order valence-corrected chi connectivity index (χ4v) is 1.81. The normalized spacial score (nSPS) is 10.2. The Bertz CT molecular complexity index is 611. The highest BCUT2D eigenvalue weighted by molar-refractivity contribution is 5.62. The molecule has 0 aliphatic carbocycles. The van der Waals surface area contributed by atoms with E-state index in [1.165, 1.54) is 0 Å². The number of hydrogen-bond donors (Lipinski definition) is 1. The van der Waals surface area contributed by atoms with Crippen LogP contribution in [0.4, 0.5) is 11.4 Å². The zero-order chi connectivity index (χ0) is 13.8. The van der Waals surface area contributed by atoms with Crippen molar-refractivity contribution in [2.45, 2.75) is 20.4 Å². The molecule has 98 valence electrons. The summed E-state index contributed by atoms with van der Waals surface area (Å²) in [5.74, 6) is 0. The predicted molar refractivity (Wildman–Crippen MR) is 74.1 cm³/mol. The van der Waals surface area contributed by atoms with Crippen molar-refractivity contribution in [2.75, 3.05) is 5.32 Å². The van der Waals surface area contributed by atoms with Crippen LogP contribution in [0.25, 0.3) is 0 Å². The number of nitro benzene ring substituents is 1. The Balaban J connectivity index is 2.20. The SMILES string of the molecule is Cc1ccc(NCc2cnccc2C)c([N+](=O)[O-])c1. The Hall–Kier alpha value is -2.43. The van der Waals surface area contributed by atoms with Crippen LogP contribution in [-0.2, 0) is 6.54 Å². The van der Waals surface area contributed by atoms with Gasteiger partial charge in [-0.25, -0.2) is 0 Å². The molecular formula is C14H15N3O2. The minimum absolute atomic E-state index is 0.0987. The second kappa shape index (κ2) is 5.48. The molecule has 0 atom stereocenters. The van der Waals surface area contributed by atoms with Gasteiger partial charge in [-0.05, 0) is 42.7 Å². The molecule has 1 heterocycles. The number of nitrogens with zero attached hydrogens (tertiary/aromatic N) is 2. The molecule has 5 heteroatoms. The number of hydrogen-bond acceptors (Lipinski definition) is 4. The second-order valence-corrected chi connectivity index (χ2v) is 4.43. The van der Waals surface area contributed by atoms with Crippen LogP contribution >= 0.6 is 0 Å². The molecular weight excluding hydrogens is 242 g/mol. The van der Waals surface area contributed by atoms with Crippen LogP contribution in [0.15, 0.2) is 36.7 Å². The van der Waals surface area contributed by atoms with Crippen molar-refractivity contribution in [3.63, 3.8) is 0 Å². The van der Waals surface area contributed by atoms with E-state index < -0.39 is 0 Å². The third kappa shape index (κ3) is 3.07. The molecule has 1 aromatic heterocycles. The van der Waals surface area contributed by atoms with E-state index in [-0.39, 0.29) is 10.6 Å². The lowest BCUT2D eigenvalue weighted by Crippen LogP contribution is -2.04. The summed E-state index contributed by atoms with van der Waals surface area (Å²) in [6.45, 7) is 4.34. The van der Waals surface area contributed by atoms with Gasteiger partial charge in [-0.15, -0.1) is 0 Å². The van der Waals surface area contributed by atoms with Crippen LogP contribution in [0.1, 0.15) is 16.7 Å². The summed E-state index contributed by atoms with van der Waals surface area (Å²) in [7, 11) is 0. The van der Waals surface area contributed by atoms with Gasteiger partial charge >= 0.3 is 0 Å². The summed E-state index contributed by atoms with van der Waals surface area (Å²) in [6.07, 6.45) is 3.50. The smallest absolute Gasteiger partial charge is 0.292 e. The topological polar surface area (TPSA) is 68.1 Å². The zero-order valence-electron chi connectivity index (χ0n) is 10.9. The van der Waals surface area contributed by atoms with Crippen molar-refractivity contribution < 1.29 is 4.92 Å². The highest BCUT2D eigenvalue weighted by atomic mass is 16.6. The summed E-state index contributed by atoms with van der Waals surface area (Å²) in [5, 5.41) is 14.1. The lowest BCUT2D eigenvalue weighted by Gasteiger charge is -2.09. The number of pyridine rings is 1. The first-order chi connectivity index (χ1) is 9.08. The molecule has 0 fully saturated rings. The third-order valence-electron chi connectivity index (χ3n) is 2.97. The first-order valence-corrected chi connectivity index (χ1v) is 5.96. The van der Waals surface area contributed by atoms with Gasteiger partial charge < -0.3 is 5.32 Å². The zero-order valence-corrected chi connectivity index (χ0v) is 10.9. The predicted octanol–water partition coefficient (Wildman–Crippen LogP) is 3.22. The molecule has 0 radical (unpaired) electrons. The number of anilines is 1. The first-order valence-electron chi connectivity index (χ1n) is 5.96. The van der Waals surface area contributed by atoms with Gasteiger partial charge in [0.05, 0.1) is 4.92 Å². The van der Waals surface area contributed by atoms with Gasteiger partial charge in [0, 0.05) is 25.0 Å². The molecule has 0 saturated carbocycles. The monoisotopic (exact) mass is 257 g/mol. The van der Waals surface area contributed by atoms with Crippen LogP contribution in [-0.4, -0.2) is 9.91 Å². The van der Waals surface area contributed by atoms with E-state index in [0.29, 0.717) is 12.2 Å². The van der Waals surface area contributed by atoms with Crippen molar-refractivity contribution in [3.8, 4) is 0 Å². The molecule has 0 saturated heterocycles. The Labute approximate surface area is 111 Å². The molecule has 0 bridgehead atoms. The largest absolute Gasteiger partial charge is 0.375 e. The van der Waals surface area contributed by atoms with Crippen LogP contribution in [0.3, 0.4) is 0 Å². The van der Waals surface area contributed by atoms with Gasteiger partial charge in [0.1, 0.15) is 5.69 Å². The van der Waals surface area contributed by atoms with Crippen LogP contribution in [0.5, 0.6) is 0 Å². The standard InChI is InChI=1S/C14H15N3O2/c1-10-3-4-13(14(7-10)17(18)19)16-9-12-8-15-6-5-11(12)2/h3-8,16H,9H2,1-2H3. The average Bonchev–Trinajstić information content (AvgIpc) is 2.38. The van der Waals surface area contributed by atoms with Crippen molar-refractivity contribution in [1.29, 1.82) is 0 Å². The van der Waals surface area contributed by atoms with Crippen LogP contribution in [0, 0.1) is 24.0 Å². The van der Waals surface area contributed by atoms with Crippen molar-refractivity contribution in [2.24, 2.45) is 0 Å². The lowest BCUT2D eigenvalue weighted by molar-refractivity contribution is -0.384. The lowest BCUT2D eigenvalue weighted by atomic mass is 10.1. The van der Waals surface area contributed by atoms with E-state index in [1.807, 2.05) is 26.0 Å². The van der Waals surface area contributed by atoms with E-state index >= 15 is 0 Å². The Kier molecular flexibility index (Phi) is 3.75. The minimum Gasteiger partial charge on any atom is -0.375 e. The van der Waals surface area contributed by atoms with Gasteiger partial charge in [-0.3, -0.25) is 15.1 Å². The Morgan fingerprint density at radius 2 is 2.11 bits per heavy atom. The molecule has 1 N–H and O–H groups in total. The maximum absolute atomic E-state index is 11.0. The van der Waals surface area contributed by atoms with Gasteiger partial charge in [0.15, 0.2) is 0 Å². The van der Waals surface area contributed by atoms with Crippen molar-refractivity contribution in [1.82, 2.24) is 4.98 Å². The molecule has 1 aromatic carbocycles. The van der Waals surface area contributed by atoms with Crippen molar-refractivity contribution >= 4 is 11.4 Å². The summed E-state index contributed by atoms with van der Waals surface area (Å²) < 4.78 is 0. The molecule has 19 heavy (non-hydrogen) atoms. The molecule has 5 nitrogen and oxygen atoms in total. The number of benzene rings is 1. The third-order valence-corrected chi connectivity index (χ3v) is 2.97.